The van der Waals surface area contributed by atoms with Crippen LogP contribution in [0.1, 0.15) is 45.4 Å². The summed E-state index contributed by atoms with van der Waals surface area (Å²) in [7, 11) is 0. The topological polar surface area (TPSA) is 59.8 Å². The number of nitrogens with zero attached hydrogens (tertiary/aromatic N) is 3. The van der Waals surface area contributed by atoms with Crippen LogP contribution in [0.2, 0.25) is 0 Å². The van der Waals surface area contributed by atoms with Gasteiger partial charge in [0.15, 0.2) is 0 Å². The Kier molecular flexibility index (Phi) is 4.96. The zero-order valence-electron chi connectivity index (χ0n) is 17.3. The number of carbonyl (C=O) groups excluding carboxylic acids is 1. The van der Waals surface area contributed by atoms with Crippen molar-refractivity contribution in [2.75, 3.05) is 5.32 Å². The molecule has 2 heterocycles. The number of fused-ring (bicyclic) bond motifs is 1. The van der Waals surface area contributed by atoms with Gasteiger partial charge in [0, 0.05) is 16.9 Å². The molecule has 5 nitrogen and oxygen atoms in total. The molecule has 0 radical (unpaired) electrons. The minimum Gasteiger partial charge on any atom is -0.321 e. The third kappa shape index (κ3) is 3.56. The summed E-state index contributed by atoms with van der Waals surface area (Å²) in [6, 6.07) is 11.8. The molecule has 6 heteroatoms. The van der Waals surface area contributed by atoms with E-state index in [1.54, 1.807) is 11.3 Å². The maximum absolute atomic E-state index is 12.8. The standard InChI is InChI=1S/C23H24N4OS/c1-6-17-7-9-18(10-8-17)22(28)25-20-13(2)11-19-21(16(20)5)29-23(24-19)27-15(4)12-14(3)26-27/h7-12H,6H2,1-5H3,(H,25,28). The normalized spacial score (nSPS) is 11.2. The van der Waals surface area contributed by atoms with Gasteiger partial charge in [-0.2, -0.15) is 5.10 Å². The van der Waals surface area contributed by atoms with Crippen molar-refractivity contribution in [1.82, 2.24) is 14.8 Å². The van der Waals surface area contributed by atoms with Crippen LogP contribution in [0.5, 0.6) is 0 Å². The zero-order valence-corrected chi connectivity index (χ0v) is 18.1. The number of nitrogens with one attached hydrogen (secondary N) is 1. The third-order valence-electron chi connectivity index (χ3n) is 5.16. The van der Waals surface area contributed by atoms with Crippen LogP contribution in [-0.4, -0.2) is 20.7 Å². The molecule has 0 saturated heterocycles. The van der Waals surface area contributed by atoms with Gasteiger partial charge in [-0.05, 0) is 75.1 Å². The summed E-state index contributed by atoms with van der Waals surface area (Å²) in [5, 5.41) is 8.49. The lowest BCUT2D eigenvalue weighted by atomic mass is 10.1. The van der Waals surface area contributed by atoms with Gasteiger partial charge >= 0.3 is 0 Å². The highest BCUT2D eigenvalue weighted by molar-refractivity contribution is 7.21. The lowest BCUT2D eigenvalue weighted by Crippen LogP contribution is -2.13. The second kappa shape index (κ2) is 7.44. The number of thiazole rings is 1. The fourth-order valence-electron chi connectivity index (χ4n) is 3.56. The Balaban J connectivity index is 1.71. The number of rotatable bonds is 4. The van der Waals surface area contributed by atoms with E-state index in [9.17, 15) is 4.79 Å². The Hall–Kier alpha value is -2.99. The van der Waals surface area contributed by atoms with Crippen molar-refractivity contribution in [3.05, 3.63) is 70.0 Å². The molecule has 2 aromatic heterocycles. The molecule has 1 amide bonds. The molecule has 0 aliphatic heterocycles. The molecule has 0 bridgehead atoms. The summed E-state index contributed by atoms with van der Waals surface area (Å²) in [6.07, 6.45) is 0.958. The Labute approximate surface area is 174 Å². The molecule has 0 unspecified atom stereocenters. The molecule has 4 aromatic rings. The summed E-state index contributed by atoms with van der Waals surface area (Å²) in [6.45, 7) is 10.2. The first-order chi connectivity index (χ1) is 13.9. The average molecular weight is 405 g/mol. The number of anilines is 1. The molecule has 4 rings (SSSR count). The first-order valence-electron chi connectivity index (χ1n) is 9.72. The number of hydrogen-bond donors (Lipinski definition) is 1. The lowest BCUT2D eigenvalue weighted by Gasteiger charge is -2.12. The molecule has 0 spiro atoms. The van der Waals surface area contributed by atoms with Crippen molar-refractivity contribution in [1.29, 1.82) is 0 Å². The number of hydrogen-bond acceptors (Lipinski definition) is 4. The number of carbonyl (C=O) groups is 1. The smallest absolute Gasteiger partial charge is 0.255 e. The fraction of sp³-hybridized carbons (Fsp3) is 0.261. The van der Waals surface area contributed by atoms with Crippen molar-refractivity contribution in [3.63, 3.8) is 0 Å². The second-order valence-electron chi connectivity index (χ2n) is 7.38. The Morgan fingerprint density at radius 2 is 1.83 bits per heavy atom. The van der Waals surface area contributed by atoms with Crippen LogP contribution < -0.4 is 5.32 Å². The average Bonchev–Trinajstić information content (AvgIpc) is 3.27. The van der Waals surface area contributed by atoms with E-state index >= 15 is 0 Å². The predicted molar refractivity (Wildman–Crippen MR) is 119 cm³/mol. The van der Waals surface area contributed by atoms with Crippen LogP contribution >= 0.6 is 11.3 Å². The van der Waals surface area contributed by atoms with Crippen molar-refractivity contribution in [2.45, 2.75) is 41.0 Å². The molecule has 2 aromatic carbocycles. The van der Waals surface area contributed by atoms with Gasteiger partial charge in [-0.3, -0.25) is 4.79 Å². The second-order valence-corrected chi connectivity index (χ2v) is 8.36. The van der Waals surface area contributed by atoms with Gasteiger partial charge < -0.3 is 5.32 Å². The molecule has 0 aliphatic rings. The van der Waals surface area contributed by atoms with E-state index < -0.39 is 0 Å². The van der Waals surface area contributed by atoms with E-state index in [0.717, 1.165) is 50.0 Å². The quantitative estimate of drug-likeness (QED) is 0.486. The molecule has 29 heavy (non-hydrogen) atoms. The van der Waals surface area contributed by atoms with Crippen molar-refractivity contribution in [3.8, 4) is 5.13 Å². The molecular formula is C23H24N4OS. The van der Waals surface area contributed by atoms with Crippen LogP contribution in [0.4, 0.5) is 5.69 Å². The van der Waals surface area contributed by atoms with Gasteiger partial charge in [0.1, 0.15) is 0 Å². The van der Waals surface area contributed by atoms with Gasteiger partial charge in [-0.15, -0.1) is 0 Å². The summed E-state index contributed by atoms with van der Waals surface area (Å²) in [4.78, 5) is 17.6. The first kappa shape index (κ1) is 19.3. The minimum atomic E-state index is -0.0958. The summed E-state index contributed by atoms with van der Waals surface area (Å²) in [5.41, 5.74) is 7.72. The fourth-order valence-corrected chi connectivity index (χ4v) is 4.62. The van der Waals surface area contributed by atoms with Crippen LogP contribution in [0.3, 0.4) is 0 Å². The SMILES string of the molecule is CCc1ccc(C(=O)Nc2c(C)cc3nc(-n4nc(C)cc4C)sc3c2C)cc1. The highest BCUT2D eigenvalue weighted by atomic mass is 32.1. The number of aromatic nitrogens is 3. The Bertz CT molecular complexity index is 1220. The van der Waals surface area contributed by atoms with E-state index in [4.69, 9.17) is 4.98 Å². The monoisotopic (exact) mass is 404 g/mol. The van der Waals surface area contributed by atoms with Crippen molar-refractivity contribution in [2.24, 2.45) is 0 Å². The van der Waals surface area contributed by atoms with Gasteiger partial charge in [0.25, 0.3) is 5.91 Å². The minimum absolute atomic E-state index is 0.0958. The molecule has 0 aliphatic carbocycles. The van der Waals surface area contributed by atoms with Crippen LogP contribution in [-0.2, 0) is 6.42 Å². The molecule has 0 fully saturated rings. The van der Waals surface area contributed by atoms with E-state index in [1.165, 1.54) is 5.56 Å². The van der Waals surface area contributed by atoms with Gasteiger partial charge in [-0.25, -0.2) is 9.67 Å². The predicted octanol–water partition coefficient (Wildman–Crippen LogP) is 5.53. The molecule has 0 saturated carbocycles. The summed E-state index contributed by atoms with van der Waals surface area (Å²) < 4.78 is 2.94. The maximum Gasteiger partial charge on any atom is 0.255 e. The molecular weight excluding hydrogens is 380 g/mol. The maximum atomic E-state index is 12.8. The lowest BCUT2D eigenvalue weighted by molar-refractivity contribution is 0.102. The largest absolute Gasteiger partial charge is 0.321 e. The van der Waals surface area contributed by atoms with Crippen LogP contribution in [0, 0.1) is 27.7 Å². The summed E-state index contributed by atoms with van der Waals surface area (Å²) >= 11 is 1.59. The number of benzene rings is 2. The van der Waals surface area contributed by atoms with Crippen molar-refractivity contribution >= 4 is 33.1 Å². The highest BCUT2D eigenvalue weighted by Crippen LogP contribution is 2.35. The van der Waals surface area contributed by atoms with Crippen LogP contribution in [0.25, 0.3) is 15.3 Å². The zero-order chi connectivity index (χ0) is 20.7. The Morgan fingerprint density at radius 3 is 2.45 bits per heavy atom. The van der Waals surface area contributed by atoms with Crippen molar-refractivity contribution < 1.29 is 4.79 Å². The molecule has 0 atom stereocenters. The van der Waals surface area contributed by atoms with Gasteiger partial charge in [-0.1, -0.05) is 30.4 Å². The van der Waals surface area contributed by atoms with Gasteiger partial charge in [0.05, 0.1) is 15.9 Å². The van der Waals surface area contributed by atoms with E-state index in [2.05, 4.69) is 17.3 Å². The van der Waals surface area contributed by atoms with E-state index in [0.29, 0.717) is 5.56 Å². The third-order valence-corrected chi connectivity index (χ3v) is 6.33. The van der Waals surface area contributed by atoms with E-state index in [-0.39, 0.29) is 5.91 Å². The Morgan fingerprint density at radius 1 is 1.10 bits per heavy atom. The molecule has 148 valence electrons. The first-order valence-corrected chi connectivity index (χ1v) is 10.5. The highest BCUT2D eigenvalue weighted by Gasteiger charge is 2.17. The number of aryl methyl sites for hydroxylation is 5. The number of amides is 1. The summed E-state index contributed by atoms with van der Waals surface area (Å²) in [5.74, 6) is -0.0958. The van der Waals surface area contributed by atoms with Crippen LogP contribution in [0.15, 0.2) is 36.4 Å². The van der Waals surface area contributed by atoms with E-state index in [1.807, 2.05) is 68.8 Å². The molecule has 1 N–H and O–H groups in total. The van der Waals surface area contributed by atoms with Gasteiger partial charge in [0.2, 0.25) is 5.13 Å².